The minimum absolute atomic E-state index is 0.236. The Morgan fingerprint density at radius 3 is 2.82 bits per heavy atom. The summed E-state index contributed by atoms with van der Waals surface area (Å²) < 4.78 is 12.9. The number of aromatic nitrogens is 3. The van der Waals surface area contributed by atoms with E-state index >= 15 is 0 Å². The summed E-state index contributed by atoms with van der Waals surface area (Å²) in [6, 6.07) is 13.4. The number of ether oxygens (including phenoxy) is 2. The number of hydrogen-bond donors (Lipinski definition) is 0. The molecule has 3 heterocycles. The second-order valence-corrected chi connectivity index (χ2v) is 6.28. The van der Waals surface area contributed by atoms with Gasteiger partial charge in [0.15, 0.2) is 0 Å². The van der Waals surface area contributed by atoms with Crippen LogP contribution in [0.1, 0.15) is 11.1 Å². The van der Waals surface area contributed by atoms with Crippen molar-refractivity contribution in [2.75, 3.05) is 6.61 Å². The highest BCUT2D eigenvalue weighted by Crippen LogP contribution is 2.23. The minimum Gasteiger partial charge on any atom is -0.443 e. The lowest BCUT2D eigenvalue weighted by Crippen LogP contribution is -2.32. The first kappa shape index (κ1) is 17.6. The zero-order chi connectivity index (χ0) is 19.5. The number of rotatable bonds is 5. The number of nitrogens with zero attached hydrogens (tertiary/aromatic N) is 5. The summed E-state index contributed by atoms with van der Waals surface area (Å²) in [4.78, 5) is 18.5. The number of imidazole rings is 1. The molecule has 1 aliphatic heterocycles. The molecule has 1 aliphatic rings. The first-order chi connectivity index (χ1) is 13.6. The van der Waals surface area contributed by atoms with Crippen LogP contribution in [0.25, 0.3) is 11.3 Å². The van der Waals surface area contributed by atoms with Gasteiger partial charge in [-0.15, -0.1) is 0 Å². The second kappa shape index (κ2) is 7.46. The van der Waals surface area contributed by atoms with E-state index in [0.717, 1.165) is 16.8 Å². The molecule has 0 unspecified atom stereocenters. The Labute approximate surface area is 159 Å². The number of fused-ring (bicyclic) bond motifs is 1. The van der Waals surface area contributed by atoms with Crippen molar-refractivity contribution in [3.8, 4) is 23.3 Å². The molecule has 9 nitrogen and oxygen atoms in total. The lowest BCUT2D eigenvalue weighted by molar-refractivity contribution is -0.389. The second-order valence-electron chi connectivity index (χ2n) is 6.28. The molecular weight excluding hydrogens is 362 g/mol. The van der Waals surface area contributed by atoms with Crippen molar-refractivity contribution in [3.63, 3.8) is 0 Å². The van der Waals surface area contributed by atoms with Gasteiger partial charge in [0, 0.05) is 16.7 Å². The standard InChI is InChI=1S/C19H15N5O4/c20-7-13-1-4-15(5-2-13)17-6-3-14(8-21-17)11-27-16-9-23-10-18(24(25)26)22-19(23)28-12-16/h1-6,8,10,16H,9,11-12H2/t16-/m0/s1. The quantitative estimate of drug-likeness (QED) is 0.496. The highest BCUT2D eigenvalue weighted by molar-refractivity contribution is 5.60. The van der Waals surface area contributed by atoms with Crippen molar-refractivity contribution in [1.29, 1.82) is 5.26 Å². The SMILES string of the molecule is N#Cc1ccc(-c2ccc(CO[C@@H]3COc4nc([N+](=O)[O-])cn4C3)cn2)cc1. The van der Waals surface area contributed by atoms with Gasteiger partial charge < -0.3 is 19.6 Å². The molecule has 3 aromatic rings. The molecule has 0 amide bonds. The van der Waals surface area contributed by atoms with E-state index in [4.69, 9.17) is 14.7 Å². The van der Waals surface area contributed by atoms with Gasteiger partial charge in [0.05, 0.1) is 30.5 Å². The molecule has 0 N–H and O–H groups in total. The Balaban J connectivity index is 1.36. The summed E-state index contributed by atoms with van der Waals surface area (Å²) in [7, 11) is 0. The molecule has 140 valence electrons. The van der Waals surface area contributed by atoms with Crippen LogP contribution < -0.4 is 4.74 Å². The molecule has 0 aliphatic carbocycles. The molecule has 0 spiro atoms. The largest absolute Gasteiger partial charge is 0.443 e. The molecule has 0 saturated heterocycles. The average Bonchev–Trinajstić information content (AvgIpc) is 3.16. The molecule has 28 heavy (non-hydrogen) atoms. The first-order valence-electron chi connectivity index (χ1n) is 8.54. The Kier molecular flexibility index (Phi) is 4.70. The minimum atomic E-state index is -0.550. The fourth-order valence-electron chi connectivity index (χ4n) is 2.87. The van der Waals surface area contributed by atoms with Crippen LogP contribution in [-0.4, -0.2) is 32.2 Å². The molecule has 4 rings (SSSR count). The molecule has 2 aromatic heterocycles. The normalized spacial score (nSPS) is 15.3. The van der Waals surface area contributed by atoms with Crippen molar-refractivity contribution in [2.24, 2.45) is 0 Å². The van der Waals surface area contributed by atoms with E-state index in [-0.39, 0.29) is 24.5 Å². The number of nitriles is 1. The summed E-state index contributed by atoms with van der Waals surface area (Å²) in [5.74, 6) is -0.238. The highest BCUT2D eigenvalue weighted by atomic mass is 16.6. The topological polar surface area (TPSA) is 116 Å². The van der Waals surface area contributed by atoms with Gasteiger partial charge in [-0.25, -0.2) is 0 Å². The molecule has 0 fully saturated rings. The van der Waals surface area contributed by atoms with Gasteiger partial charge in [-0.05, 0) is 28.7 Å². The third kappa shape index (κ3) is 3.67. The van der Waals surface area contributed by atoms with E-state index in [1.54, 1.807) is 22.9 Å². The van der Waals surface area contributed by atoms with Gasteiger partial charge in [0.1, 0.15) is 18.9 Å². The molecular formula is C19H15N5O4. The third-order valence-electron chi connectivity index (χ3n) is 4.33. The fourth-order valence-corrected chi connectivity index (χ4v) is 2.87. The van der Waals surface area contributed by atoms with Crippen LogP contribution in [0.5, 0.6) is 6.01 Å². The van der Waals surface area contributed by atoms with E-state index in [9.17, 15) is 10.1 Å². The van der Waals surface area contributed by atoms with E-state index in [1.165, 1.54) is 6.20 Å². The lowest BCUT2D eigenvalue weighted by atomic mass is 10.1. The van der Waals surface area contributed by atoms with Gasteiger partial charge in [-0.3, -0.25) is 9.55 Å². The zero-order valence-electron chi connectivity index (χ0n) is 14.7. The van der Waals surface area contributed by atoms with Crippen LogP contribution >= 0.6 is 0 Å². The number of pyridine rings is 1. The maximum absolute atomic E-state index is 10.8. The molecule has 0 bridgehead atoms. The fraction of sp³-hybridized carbons (Fsp3) is 0.211. The maximum Gasteiger partial charge on any atom is 0.414 e. The Morgan fingerprint density at radius 1 is 1.32 bits per heavy atom. The van der Waals surface area contributed by atoms with Crippen molar-refractivity contribution in [2.45, 2.75) is 19.3 Å². The van der Waals surface area contributed by atoms with Crippen LogP contribution in [0.4, 0.5) is 5.82 Å². The van der Waals surface area contributed by atoms with Gasteiger partial charge in [-0.2, -0.15) is 5.26 Å². The molecule has 1 atom stereocenters. The lowest BCUT2D eigenvalue weighted by Gasteiger charge is -2.22. The van der Waals surface area contributed by atoms with E-state index < -0.39 is 4.92 Å². The zero-order valence-corrected chi connectivity index (χ0v) is 14.7. The number of hydrogen-bond acceptors (Lipinski definition) is 7. The van der Waals surface area contributed by atoms with Gasteiger partial charge in [0.2, 0.25) is 0 Å². The van der Waals surface area contributed by atoms with Crippen LogP contribution in [0.15, 0.2) is 48.8 Å². The Hall–Kier alpha value is -3.77. The van der Waals surface area contributed by atoms with E-state index in [1.807, 2.05) is 24.3 Å². The summed E-state index contributed by atoms with van der Waals surface area (Å²) in [5.41, 5.74) is 3.25. The van der Waals surface area contributed by atoms with Crippen LogP contribution in [0, 0.1) is 21.4 Å². The van der Waals surface area contributed by atoms with Gasteiger partial charge >= 0.3 is 11.8 Å². The van der Waals surface area contributed by atoms with Crippen molar-refractivity contribution < 1.29 is 14.4 Å². The van der Waals surface area contributed by atoms with Crippen LogP contribution in [0.2, 0.25) is 0 Å². The van der Waals surface area contributed by atoms with Crippen molar-refractivity contribution in [3.05, 3.63) is 70.0 Å². The highest BCUT2D eigenvalue weighted by Gasteiger charge is 2.28. The summed E-state index contributed by atoms with van der Waals surface area (Å²) >= 11 is 0. The predicted molar refractivity (Wildman–Crippen MR) is 97.3 cm³/mol. The average molecular weight is 377 g/mol. The monoisotopic (exact) mass is 377 g/mol. The number of nitro groups is 1. The molecule has 1 aromatic carbocycles. The van der Waals surface area contributed by atoms with E-state index in [0.29, 0.717) is 18.7 Å². The van der Waals surface area contributed by atoms with Gasteiger partial charge in [0.25, 0.3) is 0 Å². The van der Waals surface area contributed by atoms with Gasteiger partial charge in [-0.1, -0.05) is 18.2 Å². The summed E-state index contributed by atoms with van der Waals surface area (Å²) in [5, 5.41) is 19.7. The predicted octanol–water partition coefficient (Wildman–Crippen LogP) is 2.70. The maximum atomic E-state index is 10.8. The molecule has 0 saturated carbocycles. The first-order valence-corrected chi connectivity index (χ1v) is 8.54. The van der Waals surface area contributed by atoms with Crippen molar-refractivity contribution >= 4 is 5.82 Å². The Morgan fingerprint density at radius 2 is 2.14 bits per heavy atom. The molecule has 9 heteroatoms. The van der Waals surface area contributed by atoms with Crippen LogP contribution in [0.3, 0.4) is 0 Å². The number of benzene rings is 1. The van der Waals surface area contributed by atoms with E-state index in [2.05, 4.69) is 16.0 Å². The Bertz CT molecular complexity index is 1040. The smallest absolute Gasteiger partial charge is 0.414 e. The van der Waals surface area contributed by atoms with Crippen molar-refractivity contribution in [1.82, 2.24) is 14.5 Å². The van der Waals surface area contributed by atoms with Crippen LogP contribution in [-0.2, 0) is 17.9 Å². The third-order valence-corrected chi connectivity index (χ3v) is 4.33. The summed E-state index contributed by atoms with van der Waals surface area (Å²) in [6.45, 7) is 1.07. The summed E-state index contributed by atoms with van der Waals surface area (Å²) in [6.07, 6.45) is 2.85. The molecule has 0 radical (unpaired) electrons.